The lowest BCUT2D eigenvalue weighted by molar-refractivity contribution is -0.118. The summed E-state index contributed by atoms with van der Waals surface area (Å²) in [4.78, 5) is 24.8. The number of ether oxygens (including phenoxy) is 2. The van der Waals surface area contributed by atoms with Crippen LogP contribution in [0, 0.1) is 5.82 Å². The zero-order valence-corrected chi connectivity index (χ0v) is 17.5. The molecule has 0 fully saturated rings. The molecular weight excluding hydrogens is 469 g/mol. The van der Waals surface area contributed by atoms with E-state index in [1.165, 1.54) is 42.7 Å². The monoisotopic (exact) mass is 483 g/mol. The molecule has 0 saturated heterocycles. The molecule has 156 valence electrons. The van der Waals surface area contributed by atoms with Crippen LogP contribution < -0.4 is 20.2 Å². The molecule has 0 aliphatic rings. The van der Waals surface area contributed by atoms with Crippen LogP contribution in [-0.2, 0) is 4.79 Å². The summed E-state index contributed by atoms with van der Waals surface area (Å²) in [7, 11) is 0. The molecule has 0 atom stereocenters. The largest absolute Gasteiger partial charge is 0.484 e. The maximum absolute atomic E-state index is 13.0. The van der Waals surface area contributed by atoms with E-state index >= 15 is 0 Å². The molecule has 1 N–H and O–H groups in total. The third-order valence-corrected chi connectivity index (χ3v) is 4.97. The van der Waals surface area contributed by atoms with Gasteiger partial charge in [-0.05, 0) is 64.5 Å². The fourth-order valence-electron chi connectivity index (χ4n) is 2.78. The van der Waals surface area contributed by atoms with E-state index in [-0.39, 0.29) is 34.7 Å². The van der Waals surface area contributed by atoms with Crippen molar-refractivity contribution < 1.29 is 23.1 Å². The molecule has 4 aromatic rings. The number of amides is 1. The smallest absolute Gasteiger partial charge is 0.262 e. The number of anilines is 1. The average molecular weight is 484 g/mol. The molecule has 8 heteroatoms. The van der Waals surface area contributed by atoms with Crippen LogP contribution in [0.3, 0.4) is 0 Å². The fourth-order valence-corrected chi connectivity index (χ4v) is 3.16. The molecule has 6 nitrogen and oxygen atoms in total. The number of nitrogens with one attached hydrogen (secondary N) is 1. The lowest BCUT2D eigenvalue weighted by Gasteiger charge is -2.09. The molecule has 0 bridgehead atoms. The Morgan fingerprint density at radius 2 is 1.77 bits per heavy atom. The first-order chi connectivity index (χ1) is 15.0. The Labute approximate surface area is 184 Å². The van der Waals surface area contributed by atoms with Crippen molar-refractivity contribution in [3.05, 3.63) is 93.5 Å². The Morgan fingerprint density at radius 3 is 2.55 bits per heavy atom. The standard InChI is InChI=1S/C23H15BrFNO5/c24-18-3-1-2-4-19(18)26-22(27)13-29-16-9-10-17-20(11-16)30-12-21(23(17)28)31-15-7-5-14(25)6-8-15/h1-12H,13H2,(H,26,27). The normalized spacial score (nSPS) is 10.6. The lowest BCUT2D eigenvalue weighted by Crippen LogP contribution is -2.20. The number of fused-ring (bicyclic) bond motifs is 1. The molecule has 0 unspecified atom stereocenters. The number of para-hydroxylation sites is 1. The number of hydrogen-bond donors (Lipinski definition) is 1. The van der Waals surface area contributed by atoms with E-state index in [0.717, 1.165) is 4.47 Å². The van der Waals surface area contributed by atoms with E-state index in [1.54, 1.807) is 18.2 Å². The van der Waals surface area contributed by atoms with Crippen LogP contribution in [0.15, 0.2) is 86.7 Å². The predicted octanol–water partition coefficient (Wildman–Crippen LogP) is 5.50. The van der Waals surface area contributed by atoms with Crippen molar-refractivity contribution in [1.82, 2.24) is 0 Å². The number of carbonyl (C=O) groups excluding carboxylic acids is 1. The molecule has 3 aromatic carbocycles. The predicted molar refractivity (Wildman–Crippen MR) is 117 cm³/mol. The van der Waals surface area contributed by atoms with Crippen LogP contribution in [-0.4, -0.2) is 12.5 Å². The molecule has 0 spiro atoms. The zero-order valence-electron chi connectivity index (χ0n) is 15.9. The first-order valence-electron chi connectivity index (χ1n) is 9.16. The van der Waals surface area contributed by atoms with Gasteiger partial charge in [0.2, 0.25) is 11.2 Å². The molecular formula is C23H15BrFNO5. The highest BCUT2D eigenvalue weighted by Crippen LogP contribution is 2.25. The highest BCUT2D eigenvalue weighted by molar-refractivity contribution is 9.10. The van der Waals surface area contributed by atoms with Crippen molar-refractivity contribution in [3.63, 3.8) is 0 Å². The first kappa shape index (κ1) is 20.6. The zero-order chi connectivity index (χ0) is 21.8. The van der Waals surface area contributed by atoms with Crippen molar-refractivity contribution in [1.29, 1.82) is 0 Å². The highest BCUT2D eigenvalue weighted by Gasteiger charge is 2.12. The summed E-state index contributed by atoms with van der Waals surface area (Å²) < 4.78 is 30.3. The van der Waals surface area contributed by atoms with Gasteiger partial charge in [-0.25, -0.2) is 4.39 Å². The third kappa shape index (κ3) is 4.92. The number of halogens is 2. The van der Waals surface area contributed by atoms with Crippen molar-refractivity contribution in [2.45, 2.75) is 0 Å². The van der Waals surface area contributed by atoms with Gasteiger partial charge in [-0.15, -0.1) is 0 Å². The van der Waals surface area contributed by atoms with Crippen LogP contribution in [0.4, 0.5) is 10.1 Å². The van der Waals surface area contributed by atoms with Gasteiger partial charge in [-0.1, -0.05) is 12.1 Å². The number of rotatable bonds is 6. The maximum atomic E-state index is 13.0. The Kier molecular flexibility index (Phi) is 5.99. The minimum Gasteiger partial charge on any atom is -0.484 e. The maximum Gasteiger partial charge on any atom is 0.262 e. The van der Waals surface area contributed by atoms with Gasteiger partial charge < -0.3 is 19.2 Å². The van der Waals surface area contributed by atoms with Gasteiger partial charge in [0.15, 0.2) is 6.61 Å². The Hall–Kier alpha value is -3.65. The van der Waals surface area contributed by atoms with Gasteiger partial charge in [0, 0.05) is 10.5 Å². The average Bonchev–Trinajstić information content (AvgIpc) is 2.77. The quantitative estimate of drug-likeness (QED) is 0.391. The number of hydrogen-bond acceptors (Lipinski definition) is 5. The summed E-state index contributed by atoms with van der Waals surface area (Å²) in [6.07, 6.45) is 1.18. The van der Waals surface area contributed by atoms with E-state index in [4.69, 9.17) is 13.9 Å². The molecule has 0 aliphatic heterocycles. The topological polar surface area (TPSA) is 77.8 Å². The second-order valence-corrected chi connectivity index (χ2v) is 7.31. The van der Waals surface area contributed by atoms with Crippen LogP contribution in [0.2, 0.25) is 0 Å². The summed E-state index contributed by atoms with van der Waals surface area (Å²) in [5, 5.41) is 3.02. The van der Waals surface area contributed by atoms with Crippen molar-refractivity contribution in [3.8, 4) is 17.2 Å². The van der Waals surface area contributed by atoms with Gasteiger partial charge in [-0.2, -0.15) is 0 Å². The Balaban J connectivity index is 1.45. The third-order valence-electron chi connectivity index (χ3n) is 4.27. The van der Waals surface area contributed by atoms with Crippen LogP contribution >= 0.6 is 15.9 Å². The second-order valence-electron chi connectivity index (χ2n) is 6.46. The summed E-state index contributed by atoms with van der Waals surface area (Å²) in [5.41, 5.74) is 0.526. The van der Waals surface area contributed by atoms with Gasteiger partial charge in [-0.3, -0.25) is 9.59 Å². The van der Waals surface area contributed by atoms with E-state index in [9.17, 15) is 14.0 Å². The van der Waals surface area contributed by atoms with Gasteiger partial charge >= 0.3 is 0 Å². The SMILES string of the molecule is O=C(COc1ccc2c(=O)c(Oc3ccc(F)cc3)coc2c1)Nc1ccccc1Br. The van der Waals surface area contributed by atoms with Gasteiger partial charge in [0.1, 0.15) is 29.2 Å². The van der Waals surface area contributed by atoms with Crippen LogP contribution in [0.25, 0.3) is 11.0 Å². The summed E-state index contributed by atoms with van der Waals surface area (Å²) >= 11 is 3.36. The molecule has 1 aromatic heterocycles. The van der Waals surface area contributed by atoms with E-state index in [0.29, 0.717) is 17.2 Å². The van der Waals surface area contributed by atoms with Crippen molar-refractivity contribution >= 4 is 38.5 Å². The molecule has 0 radical (unpaired) electrons. The van der Waals surface area contributed by atoms with Crippen LogP contribution in [0.1, 0.15) is 0 Å². The molecule has 31 heavy (non-hydrogen) atoms. The van der Waals surface area contributed by atoms with E-state index in [1.807, 2.05) is 12.1 Å². The Bertz CT molecular complexity index is 1300. The minimum absolute atomic E-state index is 0.0272. The first-order valence-corrected chi connectivity index (χ1v) is 9.95. The molecule has 1 heterocycles. The summed E-state index contributed by atoms with van der Waals surface area (Å²) in [6, 6.07) is 17.1. The summed E-state index contributed by atoms with van der Waals surface area (Å²) in [5.74, 6) is -0.0956. The summed E-state index contributed by atoms with van der Waals surface area (Å²) in [6.45, 7) is -0.219. The van der Waals surface area contributed by atoms with Gasteiger partial charge in [0.05, 0.1) is 11.1 Å². The number of carbonyl (C=O) groups is 1. The van der Waals surface area contributed by atoms with Crippen molar-refractivity contribution in [2.75, 3.05) is 11.9 Å². The van der Waals surface area contributed by atoms with Crippen molar-refractivity contribution in [2.24, 2.45) is 0 Å². The molecule has 1 amide bonds. The fraction of sp³-hybridized carbons (Fsp3) is 0.0435. The van der Waals surface area contributed by atoms with E-state index < -0.39 is 5.82 Å². The molecule has 0 aliphatic carbocycles. The lowest BCUT2D eigenvalue weighted by atomic mass is 10.2. The highest BCUT2D eigenvalue weighted by atomic mass is 79.9. The minimum atomic E-state index is -0.407. The second kappa shape index (κ2) is 9.01. The van der Waals surface area contributed by atoms with Gasteiger partial charge in [0.25, 0.3) is 5.91 Å². The number of benzene rings is 3. The molecule has 4 rings (SSSR count). The van der Waals surface area contributed by atoms with Crippen LogP contribution in [0.5, 0.6) is 17.2 Å². The molecule has 0 saturated carbocycles. The van der Waals surface area contributed by atoms with E-state index in [2.05, 4.69) is 21.2 Å². The Morgan fingerprint density at radius 1 is 1.03 bits per heavy atom.